The van der Waals surface area contributed by atoms with Crippen LogP contribution in [0, 0.1) is 5.92 Å². The fraction of sp³-hybridized carbons (Fsp3) is 1.00. The van der Waals surface area contributed by atoms with Crippen LogP contribution in [0.5, 0.6) is 0 Å². The summed E-state index contributed by atoms with van der Waals surface area (Å²) in [6.45, 7) is 6.47. The Kier molecular flexibility index (Phi) is 2.90. The number of epoxide rings is 1. The van der Waals surface area contributed by atoms with E-state index in [9.17, 15) is 0 Å². The van der Waals surface area contributed by atoms with Gasteiger partial charge in [-0.25, -0.2) is 0 Å². The Morgan fingerprint density at radius 1 is 1.55 bits per heavy atom. The lowest BCUT2D eigenvalue weighted by Gasteiger charge is -2.19. The molecule has 4 unspecified atom stereocenters. The molecule has 11 heavy (non-hydrogen) atoms. The summed E-state index contributed by atoms with van der Waals surface area (Å²) in [5, 5.41) is 0. The summed E-state index contributed by atoms with van der Waals surface area (Å²) >= 11 is 0. The molecule has 0 bridgehead atoms. The maximum atomic E-state index is 5.38. The summed E-state index contributed by atoms with van der Waals surface area (Å²) in [4.78, 5) is 0. The molecule has 1 heterocycles. The standard InChI is InChI=1S/C9H18O2/c1-5-8(10-4)6(2)9-7(3)11-9/h6-9H,5H2,1-4H3. The molecule has 0 aromatic rings. The zero-order valence-corrected chi connectivity index (χ0v) is 7.83. The number of hydrogen-bond donors (Lipinski definition) is 0. The maximum Gasteiger partial charge on any atom is 0.0889 e. The molecule has 1 saturated heterocycles. The molecule has 0 saturated carbocycles. The molecule has 2 heteroatoms. The Morgan fingerprint density at radius 2 is 2.09 bits per heavy atom. The van der Waals surface area contributed by atoms with Crippen molar-refractivity contribution in [1.29, 1.82) is 0 Å². The van der Waals surface area contributed by atoms with Gasteiger partial charge in [0.05, 0.1) is 18.3 Å². The van der Waals surface area contributed by atoms with Crippen LogP contribution >= 0.6 is 0 Å². The lowest BCUT2D eigenvalue weighted by atomic mass is 9.97. The molecule has 1 rings (SSSR count). The van der Waals surface area contributed by atoms with Crippen LogP contribution in [0.25, 0.3) is 0 Å². The van der Waals surface area contributed by atoms with Crippen LogP contribution in [0.1, 0.15) is 27.2 Å². The van der Waals surface area contributed by atoms with Crippen LogP contribution < -0.4 is 0 Å². The Morgan fingerprint density at radius 3 is 2.36 bits per heavy atom. The average Bonchev–Trinajstić information content (AvgIpc) is 2.69. The van der Waals surface area contributed by atoms with Gasteiger partial charge in [-0.3, -0.25) is 0 Å². The van der Waals surface area contributed by atoms with Crippen LogP contribution in [-0.4, -0.2) is 25.4 Å². The normalized spacial score (nSPS) is 34.9. The van der Waals surface area contributed by atoms with Crippen LogP contribution in [0.2, 0.25) is 0 Å². The Bertz CT molecular complexity index is 121. The first kappa shape index (κ1) is 9.01. The number of ether oxygens (including phenoxy) is 2. The molecule has 1 aliphatic heterocycles. The summed E-state index contributed by atoms with van der Waals surface area (Å²) in [5.74, 6) is 0.542. The minimum absolute atomic E-state index is 0.366. The quantitative estimate of drug-likeness (QED) is 0.582. The van der Waals surface area contributed by atoms with E-state index in [1.54, 1.807) is 7.11 Å². The number of hydrogen-bond acceptors (Lipinski definition) is 2. The number of methoxy groups -OCH3 is 1. The molecule has 66 valence electrons. The second kappa shape index (κ2) is 3.55. The second-order valence-electron chi connectivity index (χ2n) is 3.35. The van der Waals surface area contributed by atoms with E-state index >= 15 is 0 Å². The van der Waals surface area contributed by atoms with Crippen molar-refractivity contribution in [2.24, 2.45) is 5.92 Å². The fourth-order valence-corrected chi connectivity index (χ4v) is 1.72. The van der Waals surface area contributed by atoms with Gasteiger partial charge in [0, 0.05) is 13.0 Å². The summed E-state index contributed by atoms with van der Waals surface area (Å²) in [7, 11) is 1.78. The van der Waals surface area contributed by atoms with Gasteiger partial charge in [0.1, 0.15) is 0 Å². The number of rotatable bonds is 4. The Labute approximate surface area is 68.9 Å². The van der Waals surface area contributed by atoms with Crippen molar-refractivity contribution < 1.29 is 9.47 Å². The highest BCUT2D eigenvalue weighted by atomic mass is 16.6. The summed E-state index contributed by atoms with van der Waals surface area (Å²) in [6, 6.07) is 0. The molecule has 0 aliphatic carbocycles. The van der Waals surface area contributed by atoms with Gasteiger partial charge in [-0.1, -0.05) is 13.8 Å². The van der Waals surface area contributed by atoms with E-state index in [4.69, 9.17) is 9.47 Å². The molecule has 0 amide bonds. The predicted molar refractivity (Wildman–Crippen MR) is 44.6 cm³/mol. The fourth-order valence-electron chi connectivity index (χ4n) is 1.72. The SMILES string of the molecule is CCC(OC)C(C)C1OC1C. The third kappa shape index (κ3) is 1.94. The van der Waals surface area contributed by atoms with Gasteiger partial charge in [0.2, 0.25) is 0 Å². The molecule has 4 atom stereocenters. The molecular weight excluding hydrogens is 140 g/mol. The van der Waals surface area contributed by atoms with Crippen molar-refractivity contribution in [2.75, 3.05) is 7.11 Å². The van der Waals surface area contributed by atoms with E-state index in [-0.39, 0.29) is 0 Å². The summed E-state index contributed by atoms with van der Waals surface area (Å²) < 4.78 is 10.7. The van der Waals surface area contributed by atoms with E-state index in [1.165, 1.54) is 0 Å². The molecule has 2 nitrogen and oxygen atoms in total. The highest BCUT2D eigenvalue weighted by molar-refractivity contribution is 4.88. The molecule has 0 aromatic carbocycles. The predicted octanol–water partition coefficient (Wildman–Crippen LogP) is 1.83. The van der Waals surface area contributed by atoms with Crippen molar-refractivity contribution in [2.45, 2.75) is 45.5 Å². The second-order valence-corrected chi connectivity index (χ2v) is 3.35. The van der Waals surface area contributed by atoms with Crippen molar-refractivity contribution in [3.8, 4) is 0 Å². The first-order valence-electron chi connectivity index (χ1n) is 4.39. The molecule has 0 aromatic heterocycles. The third-order valence-corrected chi connectivity index (χ3v) is 2.57. The van der Waals surface area contributed by atoms with Crippen LogP contribution in [-0.2, 0) is 9.47 Å². The topological polar surface area (TPSA) is 21.8 Å². The van der Waals surface area contributed by atoms with Gasteiger partial charge in [0.15, 0.2) is 0 Å². The maximum absolute atomic E-state index is 5.38. The summed E-state index contributed by atoms with van der Waals surface area (Å²) in [6.07, 6.45) is 2.34. The van der Waals surface area contributed by atoms with Gasteiger partial charge in [0.25, 0.3) is 0 Å². The first-order valence-corrected chi connectivity index (χ1v) is 4.39. The molecule has 0 radical (unpaired) electrons. The average molecular weight is 158 g/mol. The molecule has 1 fully saturated rings. The van der Waals surface area contributed by atoms with E-state index < -0.39 is 0 Å². The zero-order chi connectivity index (χ0) is 8.43. The minimum Gasteiger partial charge on any atom is -0.381 e. The molecule has 1 aliphatic rings. The van der Waals surface area contributed by atoms with Gasteiger partial charge >= 0.3 is 0 Å². The largest absolute Gasteiger partial charge is 0.381 e. The van der Waals surface area contributed by atoms with Crippen LogP contribution in [0.3, 0.4) is 0 Å². The minimum atomic E-state index is 0.366. The van der Waals surface area contributed by atoms with Crippen molar-refractivity contribution in [3.05, 3.63) is 0 Å². The van der Waals surface area contributed by atoms with Crippen LogP contribution in [0.15, 0.2) is 0 Å². The molecular formula is C9H18O2. The lowest BCUT2D eigenvalue weighted by molar-refractivity contribution is 0.0446. The molecule has 0 spiro atoms. The lowest BCUT2D eigenvalue weighted by Crippen LogP contribution is -2.24. The smallest absolute Gasteiger partial charge is 0.0889 e. The van der Waals surface area contributed by atoms with Crippen molar-refractivity contribution >= 4 is 0 Å². The monoisotopic (exact) mass is 158 g/mol. The van der Waals surface area contributed by atoms with Crippen LogP contribution in [0.4, 0.5) is 0 Å². The van der Waals surface area contributed by atoms with E-state index in [0.717, 1.165) is 6.42 Å². The third-order valence-electron chi connectivity index (χ3n) is 2.57. The first-order chi connectivity index (χ1) is 5.20. The Balaban J connectivity index is 2.32. The summed E-state index contributed by atoms with van der Waals surface area (Å²) in [5.41, 5.74) is 0. The molecule has 0 N–H and O–H groups in total. The van der Waals surface area contributed by atoms with E-state index in [0.29, 0.717) is 24.2 Å². The highest BCUT2D eigenvalue weighted by Crippen LogP contribution is 2.32. The van der Waals surface area contributed by atoms with Crippen molar-refractivity contribution in [1.82, 2.24) is 0 Å². The van der Waals surface area contributed by atoms with Gasteiger partial charge in [-0.15, -0.1) is 0 Å². The van der Waals surface area contributed by atoms with Gasteiger partial charge in [-0.2, -0.15) is 0 Å². The van der Waals surface area contributed by atoms with E-state index in [2.05, 4.69) is 20.8 Å². The van der Waals surface area contributed by atoms with Gasteiger partial charge in [-0.05, 0) is 13.3 Å². The highest BCUT2D eigenvalue weighted by Gasteiger charge is 2.41. The zero-order valence-electron chi connectivity index (χ0n) is 7.83. The van der Waals surface area contributed by atoms with Crippen molar-refractivity contribution in [3.63, 3.8) is 0 Å². The Hall–Kier alpha value is -0.0800. The van der Waals surface area contributed by atoms with E-state index in [1.807, 2.05) is 0 Å². The van der Waals surface area contributed by atoms with Gasteiger partial charge < -0.3 is 9.47 Å².